The summed E-state index contributed by atoms with van der Waals surface area (Å²) in [6.07, 6.45) is 3.33. The summed E-state index contributed by atoms with van der Waals surface area (Å²) in [7, 11) is 0. The molecule has 0 aliphatic carbocycles. The van der Waals surface area contributed by atoms with Gasteiger partial charge in [0.15, 0.2) is 5.69 Å². The third kappa shape index (κ3) is 2.68. The van der Waals surface area contributed by atoms with Crippen molar-refractivity contribution in [3.63, 3.8) is 0 Å². The second kappa shape index (κ2) is 5.68. The van der Waals surface area contributed by atoms with Crippen LogP contribution in [0.4, 0.5) is 0 Å². The summed E-state index contributed by atoms with van der Waals surface area (Å²) in [5.41, 5.74) is 2.01. The highest BCUT2D eigenvalue weighted by Crippen LogP contribution is 2.19. The van der Waals surface area contributed by atoms with Crippen molar-refractivity contribution in [2.75, 3.05) is 6.54 Å². The van der Waals surface area contributed by atoms with E-state index in [1.807, 2.05) is 42.2 Å². The van der Waals surface area contributed by atoms with Crippen LogP contribution in [0.25, 0.3) is 5.69 Å². The van der Waals surface area contributed by atoms with E-state index in [-0.39, 0.29) is 11.9 Å². The number of carbonyl (C=O) groups excluding carboxylic acids is 1. The van der Waals surface area contributed by atoms with Gasteiger partial charge in [-0.05, 0) is 45.2 Å². The number of hydrogen-bond donors (Lipinski definition) is 0. The number of likely N-dealkylation sites (tertiary alicyclic amines) is 1. The van der Waals surface area contributed by atoms with Crippen molar-refractivity contribution in [3.8, 4) is 5.69 Å². The minimum absolute atomic E-state index is 0.00174. The first-order chi connectivity index (χ1) is 10.2. The normalized spacial score (nSPS) is 18.8. The van der Waals surface area contributed by atoms with Gasteiger partial charge in [-0.1, -0.05) is 18.2 Å². The molecule has 0 N–H and O–H groups in total. The maximum Gasteiger partial charge on any atom is 0.276 e. The molecule has 1 aliphatic rings. The molecule has 0 bridgehead atoms. The van der Waals surface area contributed by atoms with Gasteiger partial charge in [0, 0.05) is 12.6 Å². The molecule has 1 fully saturated rings. The van der Waals surface area contributed by atoms with Crippen LogP contribution in [-0.4, -0.2) is 38.4 Å². The largest absolute Gasteiger partial charge is 0.334 e. The highest BCUT2D eigenvalue weighted by Gasteiger charge is 2.27. The number of piperidine rings is 1. The average molecular weight is 284 g/mol. The Hall–Kier alpha value is -2.17. The molecule has 3 rings (SSSR count). The number of amides is 1. The number of aryl methyl sites for hydroxylation is 1. The summed E-state index contributed by atoms with van der Waals surface area (Å²) in [6, 6.07) is 9.95. The number of nitrogens with zero attached hydrogens (tertiary/aromatic N) is 4. The van der Waals surface area contributed by atoms with Crippen molar-refractivity contribution >= 4 is 5.91 Å². The smallest absolute Gasteiger partial charge is 0.276 e. The van der Waals surface area contributed by atoms with Crippen LogP contribution < -0.4 is 0 Å². The first-order valence-electron chi connectivity index (χ1n) is 7.47. The molecule has 1 amide bonds. The molecule has 0 saturated carbocycles. The average Bonchev–Trinajstić information content (AvgIpc) is 2.90. The van der Waals surface area contributed by atoms with Crippen LogP contribution in [0.1, 0.15) is 42.4 Å². The van der Waals surface area contributed by atoms with Gasteiger partial charge in [0.1, 0.15) is 0 Å². The van der Waals surface area contributed by atoms with E-state index in [9.17, 15) is 4.79 Å². The number of rotatable bonds is 2. The van der Waals surface area contributed by atoms with E-state index in [2.05, 4.69) is 17.1 Å². The van der Waals surface area contributed by atoms with Crippen molar-refractivity contribution in [3.05, 3.63) is 41.7 Å². The zero-order valence-electron chi connectivity index (χ0n) is 12.5. The summed E-state index contributed by atoms with van der Waals surface area (Å²) in [5, 5.41) is 8.78. The third-order valence-electron chi connectivity index (χ3n) is 4.04. The van der Waals surface area contributed by atoms with E-state index >= 15 is 0 Å². The summed E-state index contributed by atoms with van der Waals surface area (Å²) < 4.78 is 0. The van der Waals surface area contributed by atoms with Crippen LogP contribution in [0.3, 0.4) is 0 Å². The Morgan fingerprint density at radius 2 is 1.95 bits per heavy atom. The highest BCUT2D eigenvalue weighted by molar-refractivity contribution is 5.93. The minimum atomic E-state index is 0.00174. The number of carbonyl (C=O) groups is 1. The predicted molar refractivity (Wildman–Crippen MR) is 80.4 cm³/mol. The van der Waals surface area contributed by atoms with Crippen molar-refractivity contribution < 1.29 is 4.79 Å². The van der Waals surface area contributed by atoms with E-state index in [0.29, 0.717) is 11.4 Å². The summed E-state index contributed by atoms with van der Waals surface area (Å²) in [6.45, 7) is 4.76. The number of hydrogen-bond acceptors (Lipinski definition) is 3. The van der Waals surface area contributed by atoms with E-state index in [0.717, 1.165) is 25.1 Å². The lowest BCUT2D eigenvalue weighted by Crippen LogP contribution is -2.42. The molecule has 1 atom stereocenters. The predicted octanol–water partition coefficient (Wildman–Crippen LogP) is 2.59. The van der Waals surface area contributed by atoms with Crippen LogP contribution in [-0.2, 0) is 0 Å². The third-order valence-corrected chi connectivity index (χ3v) is 4.04. The monoisotopic (exact) mass is 284 g/mol. The summed E-state index contributed by atoms with van der Waals surface area (Å²) in [4.78, 5) is 16.2. The Morgan fingerprint density at radius 1 is 1.19 bits per heavy atom. The van der Waals surface area contributed by atoms with Gasteiger partial charge in [0.25, 0.3) is 5.91 Å². The van der Waals surface area contributed by atoms with Crippen molar-refractivity contribution in [1.29, 1.82) is 0 Å². The van der Waals surface area contributed by atoms with Gasteiger partial charge in [-0.3, -0.25) is 4.79 Å². The molecule has 1 saturated heterocycles. The lowest BCUT2D eigenvalue weighted by molar-refractivity contribution is 0.0628. The van der Waals surface area contributed by atoms with Gasteiger partial charge < -0.3 is 4.90 Å². The Bertz CT molecular complexity index is 635. The van der Waals surface area contributed by atoms with Gasteiger partial charge in [0.2, 0.25) is 0 Å². The molecule has 5 nitrogen and oxygen atoms in total. The molecule has 1 aromatic heterocycles. The second-order valence-corrected chi connectivity index (χ2v) is 5.60. The zero-order chi connectivity index (χ0) is 14.8. The van der Waals surface area contributed by atoms with Crippen LogP contribution in [0.5, 0.6) is 0 Å². The molecular weight excluding hydrogens is 264 g/mol. The number of benzene rings is 1. The molecule has 5 heteroatoms. The standard InChI is InChI=1S/C16H20N4O/c1-12-8-6-7-11-19(12)16(21)15-13(2)17-20(18-15)14-9-4-3-5-10-14/h3-5,9-10,12H,6-8,11H2,1-2H3. The summed E-state index contributed by atoms with van der Waals surface area (Å²) in [5.74, 6) is 0.00174. The molecule has 2 heterocycles. The van der Waals surface area contributed by atoms with E-state index in [1.165, 1.54) is 11.2 Å². The zero-order valence-corrected chi connectivity index (χ0v) is 12.5. The fraction of sp³-hybridized carbons (Fsp3) is 0.438. The first-order valence-corrected chi connectivity index (χ1v) is 7.47. The molecule has 1 aromatic carbocycles. The Labute approximate surface area is 124 Å². The topological polar surface area (TPSA) is 51.0 Å². The van der Waals surface area contributed by atoms with Crippen LogP contribution in [0.15, 0.2) is 30.3 Å². The number of para-hydroxylation sites is 1. The van der Waals surface area contributed by atoms with Gasteiger partial charge in [-0.15, -0.1) is 5.10 Å². The van der Waals surface area contributed by atoms with E-state index in [1.54, 1.807) is 0 Å². The lowest BCUT2D eigenvalue weighted by atomic mass is 10.0. The molecule has 1 unspecified atom stereocenters. The fourth-order valence-electron chi connectivity index (χ4n) is 2.79. The van der Waals surface area contributed by atoms with E-state index in [4.69, 9.17) is 0 Å². The van der Waals surface area contributed by atoms with E-state index < -0.39 is 0 Å². The summed E-state index contributed by atoms with van der Waals surface area (Å²) >= 11 is 0. The van der Waals surface area contributed by atoms with Gasteiger partial charge >= 0.3 is 0 Å². The van der Waals surface area contributed by atoms with Crippen LogP contribution >= 0.6 is 0 Å². The van der Waals surface area contributed by atoms with Crippen LogP contribution in [0, 0.1) is 6.92 Å². The second-order valence-electron chi connectivity index (χ2n) is 5.60. The molecule has 1 aliphatic heterocycles. The van der Waals surface area contributed by atoms with Crippen molar-refractivity contribution in [1.82, 2.24) is 19.9 Å². The molecular formula is C16H20N4O. The Kier molecular flexibility index (Phi) is 3.73. The Balaban J connectivity index is 1.89. The quantitative estimate of drug-likeness (QED) is 0.851. The maximum absolute atomic E-state index is 12.7. The van der Waals surface area contributed by atoms with Crippen molar-refractivity contribution in [2.45, 2.75) is 39.2 Å². The lowest BCUT2D eigenvalue weighted by Gasteiger charge is -2.32. The molecule has 110 valence electrons. The minimum Gasteiger partial charge on any atom is -0.334 e. The van der Waals surface area contributed by atoms with Crippen LogP contribution in [0.2, 0.25) is 0 Å². The highest BCUT2D eigenvalue weighted by atomic mass is 16.2. The number of aromatic nitrogens is 3. The molecule has 0 radical (unpaired) electrons. The van der Waals surface area contributed by atoms with Gasteiger partial charge in [-0.25, -0.2) is 0 Å². The molecule has 0 spiro atoms. The van der Waals surface area contributed by atoms with Gasteiger partial charge in [0.05, 0.1) is 11.4 Å². The maximum atomic E-state index is 12.7. The first kappa shape index (κ1) is 13.8. The fourth-order valence-corrected chi connectivity index (χ4v) is 2.79. The SMILES string of the molecule is Cc1nn(-c2ccccc2)nc1C(=O)N1CCCCC1C. The van der Waals surface area contributed by atoms with Crippen molar-refractivity contribution in [2.24, 2.45) is 0 Å². The molecule has 21 heavy (non-hydrogen) atoms. The molecule has 2 aromatic rings. The Morgan fingerprint density at radius 3 is 2.67 bits per heavy atom. The van der Waals surface area contributed by atoms with Gasteiger partial charge in [-0.2, -0.15) is 9.90 Å².